The first-order valence-corrected chi connectivity index (χ1v) is 8.58. The molecule has 1 unspecified atom stereocenters. The van der Waals surface area contributed by atoms with Crippen LogP contribution >= 0.6 is 15.9 Å². The number of piperidine rings is 1. The molecule has 2 heterocycles. The van der Waals surface area contributed by atoms with E-state index >= 15 is 0 Å². The zero-order chi connectivity index (χ0) is 16.6. The number of likely N-dealkylation sites (N-methyl/N-ethyl adjacent to an activating group) is 1. The number of halogens is 1. The van der Waals surface area contributed by atoms with Gasteiger partial charge in [-0.25, -0.2) is 0 Å². The minimum absolute atomic E-state index is 0.176. The second-order valence-electron chi connectivity index (χ2n) is 5.60. The topological polar surface area (TPSA) is 66.9 Å². The van der Waals surface area contributed by atoms with Gasteiger partial charge in [0.05, 0.1) is 13.2 Å². The summed E-state index contributed by atoms with van der Waals surface area (Å²) >= 11 is 3.31. The van der Waals surface area contributed by atoms with E-state index in [1.165, 1.54) is 7.05 Å². The van der Waals surface area contributed by atoms with Crippen molar-refractivity contribution in [2.24, 2.45) is 0 Å². The molecule has 0 N–H and O–H groups in total. The highest BCUT2D eigenvalue weighted by atomic mass is 79.9. The molecule has 6 nitrogen and oxygen atoms in total. The van der Waals surface area contributed by atoms with Gasteiger partial charge in [0.15, 0.2) is 0 Å². The average molecular weight is 381 g/mol. The summed E-state index contributed by atoms with van der Waals surface area (Å²) in [5.74, 6) is -0.0158. The number of imide groups is 1. The monoisotopic (exact) mass is 380 g/mol. The van der Waals surface area contributed by atoms with Gasteiger partial charge in [0.25, 0.3) is 11.8 Å². The van der Waals surface area contributed by atoms with Crippen molar-refractivity contribution in [2.75, 3.05) is 19.0 Å². The predicted octanol–water partition coefficient (Wildman–Crippen LogP) is 1.56. The number of alkyl halides is 1. The smallest absolute Gasteiger partial charge is 0.255 e. The zero-order valence-corrected chi connectivity index (χ0v) is 14.3. The molecule has 2 aliphatic rings. The molecule has 0 radical (unpaired) electrons. The van der Waals surface area contributed by atoms with Gasteiger partial charge in [-0.15, -0.1) is 0 Å². The molecule has 0 saturated carbocycles. The minimum Gasteiger partial charge on any atom is -0.492 e. The Morgan fingerprint density at radius 3 is 2.83 bits per heavy atom. The second kappa shape index (κ2) is 6.31. The first-order valence-electron chi connectivity index (χ1n) is 7.46. The van der Waals surface area contributed by atoms with Gasteiger partial charge in [-0.1, -0.05) is 22.0 Å². The van der Waals surface area contributed by atoms with Crippen molar-refractivity contribution in [3.8, 4) is 5.75 Å². The van der Waals surface area contributed by atoms with E-state index in [-0.39, 0.29) is 24.1 Å². The molecule has 0 bridgehead atoms. The maximum absolute atomic E-state index is 12.7. The van der Waals surface area contributed by atoms with Crippen LogP contribution in [0.3, 0.4) is 0 Å². The number of rotatable bonds is 4. The molecule has 0 aromatic heterocycles. The standard InChI is InChI=1S/C16H17BrN2O4/c1-18-14(20)6-5-12(16(18)22)19-9-11-10(15(19)21)3-2-4-13(11)23-8-7-17/h2-4,12H,5-9H2,1H3. The van der Waals surface area contributed by atoms with Crippen LogP contribution in [0.2, 0.25) is 0 Å². The third-order valence-electron chi connectivity index (χ3n) is 4.29. The Balaban J connectivity index is 1.86. The fourth-order valence-corrected chi connectivity index (χ4v) is 3.21. The van der Waals surface area contributed by atoms with Crippen LogP contribution in [0, 0.1) is 0 Å². The highest BCUT2D eigenvalue weighted by molar-refractivity contribution is 9.09. The number of amides is 3. The molecule has 1 aromatic rings. The Bertz CT molecular complexity index is 676. The Kier molecular flexibility index (Phi) is 4.39. The maximum atomic E-state index is 12.7. The van der Waals surface area contributed by atoms with Crippen molar-refractivity contribution in [1.29, 1.82) is 0 Å². The summed E-state index contributed by atoms with van der Waals surface area (Å²) in [5, 5.41) is 0.697. The van der Waals surface area contributed by atoms with E-state index in [2.05, 4.69) is 15.9 Å². The first kappa shape index (κ1) is 16.0. The summed E-state index contributed by atoms with van der Waals surface area (Å²) in [6.45, 7) is 0.843. The Morgan fingerprint density at radius 1 is 1.30 bits per heavy atom. The van der Waals surface area contributed by atoms with Crippen molar-refractivity contribution in [3.05, 3.63) is 29.3 Å². The lowest BCUT2D eigenvalue weighted by Gasteiger charge is -2.33. The number of nitrogens with zero attached hydrogens (tertiary/aromatic N) is 2. The van der Waals surface area contributed by atoms with Crippen LogP contribution in [0.4, 0.5) is 0 Å². The lowest BCUT2D eigenvalue weighted by molar-refractivity contribution is -0.150. The van der Waals surface area contributed by atoms with E-state index in [1.54, 1.807) is 17.0 Å². The molecule has 122 valence electrons. The molecule has 2 aliphatic heterocycles. The minimum atomic E-state index is -0.582. The lowest BCUT2D eigenvalue weighted by atomic mass is 10.0. The van der Waals surface area contributed by atoms with E-state index in [0.29, 0.717) is 36.2 Å². The number of carbonyl (C=O) groups is 3. The van der Waals surface area contributed by atoms with Gasteiger partial charge in [0.1, 0.15) is 11.8 Å². The van der Waals surface area contributed by atoms with Crippen LogP contribution < -0.4 is 4.74 Å². The van der Waals surface area contributed by atoms with Gasteiger partial charge >= 0.3 is 0 Å². The van der Waals surface area contributed by atoms with Crippen molar-refractivity contribution in [1.82, 2.24) is 9.80 Å². The molecule has 23 heavy (non-hydrogen) atoms. The van der Waals surface area contributed by atoms with Gasteiger partial charge in [0.2, 0.25) is 5.91 Å². The van der Waals surface area contributed by atoms with Crippen LogP contribution in [0.5, 0.6) is 5.75 Å². The van der Waals surface area contributed by atoms with Crippen molar-refractivity contribution in [3.63, 3.8) is 0 Å². The quantitative estimate of drug-likeness (QED) is 0.587. The fraction of sp³-hybridized carbons (Fsp3) is 0.438. The van der Waals surface area contributed by atoms with Crippen molar-refractivity contribution < 1.29 is 19.1 Å². The number of hydrogen-bond acceptors (Lipinski definition) is 4. The average Bonchev–Trinajstić information content (AvgIpc) is 2.88. The molecule has 1 atom stereocenters. The maximum Gasteiger partial charge on any atom is 0.255 e. The summed E-state index contributed by atoms with van der Waals surface area (Å²) in [5.41, 5.74) is 1.38. The van der Waals surface area contributed by atoms with Crippen LogP contribution in [0.1, 0.15) is 28.8 Å². The molecule has 1 aromatic carbocycles. The van der Waals surface area contributed by atoms with E-state index in [9.17, 15) is 14.4 Å². The lowest BCUT2D eigenvalue weighted by Crippen LogP contribution is -2.53. The number of hydrogen-bond donors (Lipinski definition) is 0. The largest absolute Gasteiger partial charge is 0.492 e. The van der Waals surface area contributed by atoms with E-state index in [1.807, 2.05) is 6.07 Å². The summed E-state index contributed by atoms with van der Waals surface area (Å²) < 4.78 is 5.67. The first-order chi connectivity index (χ1) is 11.0. The number of carbonyl (C=O) groups excluding carboxylic acids is 3. The van der Waals surface area contributed by atoms with Crippen LogP contribution in [0.15, 0.2) is 18.2 Å². The summed E-state index contributed by atoms with van der Waals surface area (Å²) in [7, 11) is 1.47. The van der Waals surface area contributed by atoms with E-state index < -0.39 is 6.04 Å². The molecular formula is C16H17BrN2O4. The Morgan fingerprint density at radius 2 is 2.09 bits per heavy atom. The predicted molar refractivity (Wildman–Crippen MR) is 86.4 cm³/mol. The Hall–Kier alpha value is -1.89. The molecule has 1 fully saturated rings. The van der Waals surface area contributed by atoms with Gasteiger partial charge in [-0.05, 0) is 18.6 Å². The molecule has 0 aliphatic carbocycles. The SMILES string of the molecule is CN1C(=O)CCC(N2Cc3c(OCCBr)cccc3C2=O)C1=O. The molecular weight excluding hydrogens is 364 g/mol. The number of ether oxygens (including phenoxy) is 1. The van der Waals surface area contributed by atoms with Gasteiger partial charge in [-0.2, -0.15) is 0 Å². The van der Waals surface area contributed by atoms with Crippen LogP contribution in [-0.2, 0) is 16.1 Å². The third-order valence-corrected chi connectivity index (χ3v) is 4.61. The van der Waals surface area contributed by atoms with E-state index in [0.717, 1.165) is 10.5 Å². The van der Waals surface area contributed by atoms with Crippen molar-refractivity contribution in [2.45, 2.75) is 25.4 Å². The second-order valence-corrected chi connectivity index (χ2v) is 6.39. The highest BCUT2D eigenvalue weighted by Crippen LogP contribution is 2.34. The highest BCUT2D eigenvalue weighted by Gasteiger charge is 2.42. The summed E-state index contributed by atoms with van der Waals surface area (Å²) in [6.07, 6.45) is 0.652. The zero-order valence-electron chi connectivity index (χ0n) is 12.8. The van der Waals surface area contributed by atoms with E-state index in [4.69, 9.17) is 4.74 Å². The molecule has 0 spiro atoms. The summed E-state index contributed by atoms with van der Waals surface area (Å²) in [4.78, 5) is 39.3. The Labute approximate surface area is 142 Å². The van der Waals surface area contributed by atoms with Crippen LogP contribution in [0.25, 0.3) is 0 Å². The normalized spacial score (nSPS) is 21.0. The van der Waals surface area contributed by atoms with Crippen molar-refractivity contribution >= 4 is 33.7 Å². The van der Waals surface area contributed by atoms with Gasteiger partial charge < -0.3 is 9.64 Å². The summed E-state index contributed by atoms with van der Waals surface area (Å²) in [6, 6.07) is 4.78. The molecule has 1 saturated heterocycles. The third kappa shape index (κ3) is 2.73. The number of fused-ring (bicyclic) bond motifs is 1. The fourth-order valence-electron chi connectivity index (χ4n) is 3.05. The molecule has 7 heteroatoms. The number of benzene rings is 1. The number of likely N-dealkylation sites (tertiary alicyclic amines) is 1. The molecule has 3 amide bonds. The van der Waals surface area contributed by atoms with Gasteiger partial charge in [-0.3, -0.25) is 19.3 Å². The molecule has 3 rings (SSSR count). The van der Waals surface area contributed by atoms with Crippen LogP contribution in [-0.4, -0.2) is 52.5 Å². The van der Waals surface area contributed by atoms with Gasteiger partial charge in [0, 0.05) is 29.9 Å².